The summed E-state index contributed by atoms with van der Waals surface area (Å²) in [5.41, 5.74) is 0.787. The molecule has 0 saturated carbocycles. The van der Waals surface area contributed by atoms with E-state index in [0.29, 0.717) is 12.4 Å². The standard InChI is InChI=1S/C18H21F2N3O2S/c1-25-16(24)9-12-5-7-23(8-6-18(12,19)20)17-14-10-13(26-2)3-4-15(14)21-11-22-17/h3-4,10-12H,5-9H2,1-2H3. The quantitative estimate of drug-likeness (QED) is 0.594. The second-order valence-corrected chi connectivity index (χ2v) is 7.22. The molecule has 1 aromatic heterocycles. The van der Waals surface area contributed by atoms with Crippen LogP contribution < -0.4 is 4.90 Å². The summed E-state index contributed by atoms with van der Waals surface area (Å²) in [5.74, 6) is -3.86. The number of methoxy groups -OCH3 is 1. The zero-order valence-electron chi connectivity index (χ0n) is 14.7. The molecule has 1 aliphatic heterocycles. The van der Waals surface area contributed by atoms with Gasteiger partial charge in [-0.05, 0) is 30.9 Å². The van der Waals surface area contributed by atoms with Gasteiger partial charge in [-0.1, -0.05) is 0 Å². The summed E-state index contributed by atoms with van der Waals surface area (Å²) in [4.78, 5) is 23.1. The van der Waals surface area contributed by atoms with Crippen molar-refractivity contribution in [3.05, 3.63) is 24.5 Å². The molecule has 0 spiro atoms. The summed E-state index contributed by atoms with van der Waals surface area (Å²) in [6.45, 7) is 0.590. The first kappa shape index (κ1) is 18.8. The molecule has 1 saturated heterocycles. The lowest BCUT2D eigenvalue weighted by Crippen LogP contribution is -2.30. The van der Waals surface area contributed by atoms with Crippen LogP contribution in [0, 0.1) is 5.92 Å². The summed E-state index contributed by atoms with van der Waals surface area (Å²) < 4.78 is 33.5. The molecule has 0 aliphatic carbocycles. The maximum atomic E-state index is 14.5. The summed E-state index contributed by atoms with van der Waals surface area (Å²) in [6.07, 6.45) is 3.07. The van der Waals surface area contributed by atoms with Gasteiger partial charge in [-0.25, -0.2) is 18.7 Å². The summed E-state index contributed by atoms with van der Waals surface area (Å²) in [5, 5.41) is 0.856. The van der Waals surface area contributed by atoms with Crippen LogP contribution in [0.25, 0.3) is 10.9 Å². The van der Waals surface area contributed by atoms with Crippen LogP contribution in [0.4, 0.5) is 14.6 Å². The van der Waals surface area contributed by atoms with E-state index in [9.17, 15) is 13.6 Å². The fourth-order valence-corrected chi connectivity index (χ4v) is 3.71. The van der Waals surface area contributed by atoms with Gasteiger partial charge in [-0.3, -0.25) is 4.79 Å². The number of anilines is 1. The second-order valence-electron chi connectivity index (χ2n) is 6.34. The Labute approximate surface area is 155 Å². The average Bonchev–Trinajstić information content (AvgIpc) is 2.79. The first-order valence-corrected chi connectivity index (χ1v) is 9.65. The van der Waals surface area contributed by atoms with E-state index in [4.69, 9.17) is 0 Å². The average molecular weight is 381 g/mol. The van der Waals surface area contributed by atoms with Gasteiger partial charge in [-0.2, -0.15) is 0 Å². The van der Waals surface area contributed by atoms with Gasteiger partial charge in [0.2, 0.25) is 0 Å². The van der Waals surface area contributed by atoms with Crippen LogP contribution in [0.3, 0.4) is 0 Å². The molecule has 1 aromatic carbocycles. The smallest absolute Gasteiger partial charge is 0.306 e. The zero-order valence-corrected chi connectivity index (χ0v) is 15.6. The van der Waals surface area contributed by atoms with E-state index in [1.165, 1.54) is 13.4 Å². The van der Waals surface area contributed by atoms with Crippen molar-refractivity contribution in [1.82, 2.24) is 9.97 Å². The van der Waals surface area contributed by atoms with Gasteiger partial charge >= 0.3 is 5.97 Å². The lowest BCUT2D eigenvalue weighted by Gasteiger charge is -2.23. The van der Waals surface area contributed by atoms with Crippen molar-refractivity contribution in [3.8, 4) is 0 Å². The molecule has 2 aromatic rings. The second kappa shape index (κ2) is 7.73. The predicted molar refractivity (Wildman–Crippen MR) is 97.8 cm³/mol. The molecule has 26 heavy (non-hydrogen) atoms. The van der Waals surface area contributed by atoms with Crippen LogP contribution in [-0.2, 0) is 9.53 Å². The van der Waals surface area contributed by atoms with Gasteiger partial charge in [0, 0.05) is 35.7 Å². The normalized spacial score (nSPS) is 20.0. The molecule has 0 bridgehead atoms. The maximum Gasteiger partial charge on any atom is 0.306 e. The number of carbonyl (C=O) groups excluding carboxylic acids is 1. The topological polar surface area (TPSA) is 55.3 Å². The predicted octanol–water partition coefficient (Wildman–Crippen LogP) is 3.77. The third-order valence-electron chi connectivity index (χ3n) is 4.82. The van der Waals surface area contributed by atoms with Gasteiger partial charge in [0.1, 0.15) is 12.1 Å². The Morgan fingerprint density at radius 3 is 2.92 bits per heavy atom. The molecule has 3 rings (SSSR count). The molecule has 140 valence electrons. The minimum absolute atomic E-state index is 0.181. The summed E-state index contributed by atoms with van der Waals surface area (Å²) in [6, 6.07) is 5.88. The van der Waals surface area contributed by atoms with Gasteiger partial charge in [0.15, 0.2) is 0 Å². The zero-order chi connectivity index (χ0) is 18.7. The molecule has 1 fully saturated rings. The molecule has 5 nitrogen and oxygen atoms in total. The Morgan fingerprint density at radius 1 is 1.38 bits per heavy atom. The maximum absolute atomic E-state index is 14.5. The largest absolute Gasteiger partial charge is 0.469 e. The molecule has 0 amide bonds. The number of alkyl halides is 2. The van der Waals surface area contributed by atoms with E-state index >= 15 is 0 Å². The van der Waals surface area contributed by atoms with Crippen molar-refractivity contribution in [2.75, 3.05) is 31.4 Å². The highest BCUT2D eigenvalue weighted by molar-refractivity contribution is 7.98. The fourth-order valence-electron chi connectivity index (χ4n) is 3.27. The van der Waals surface area contributed by atoms with E-state index in [0.717, 1.165) is 15.8 Å². The molecule has 1 aliphatic rings. The Kier molecular flexibility index (Phi) is 5.60. The number of fused-ring (bicyclic) bond motifs is 1. The number of benzene rings is 1. The van der Waals surface area contributed by atoms with Crippen LogP contribution >= 0.6 is 11.8 Å². The first-order chi connectivity index (χ1) is 12.4. The number of rotatable bonds is 4. The van der Waals surface area contributed by atoms with Gasteiger partial charge in [0.05, 0.1) is 19.0 Å². The molecular weight excluding hydrogens is 360 g/mol. The Balaban J connectivity index is 1.89. The van der Waals surface area contributed by atoms with Crippen molar-refractivity contribution in [2.24, 2.45) is 5.92 Å². The van der Waals surface area contributed by atoms with Gasteiger partial charge < -0.3 is 9.64 Å². The molecule has 1 unspecified atom stereocenters. The third-order valence-corrected chi connectivity index (χ3v) is 5.55. The lowest BCUT2D eigenvalue weighted by molar-refractivity contribution is -0.146. The highest BCUT2D eigenvalue weighted by atomic mass is 32.2. The van der Waals surface area contributed by atoms with Crippen LogP contribution in [0.2, 0.25) is 0 Å². The van der Waals surface area contributed by atoms with Crippen LogP contribution in [-0.4, -0.2) is 48.3 Å². The van der Waals surface area contributed by atoms with Crippen LogP contribution in [0.1, 0.15) is 19.3 Å². The third kappa shape index (κ3) is 3.90. The monoisotopic (exact) mass is 381 g/mol. The highest BCUT2D eigenvalue weighted by Crippen LogP contribution is 2.38. The Bertz CT molecular complexity index is 803. The molecule has 2 heterocycles. The van der Waals surface area contributed by atoms with Crippen molar-refractivity contribution < 1.29 is 18.3 Å². The molecule has 8 heteroatoms. The number of aromatic nitrogens is 2. The summed E-state index contributed by atoms with van der Waals surface area (Å²) in [7, 11) is 1.22. The number of hydrogen-bond acceptors (Lipinski definition) is 6. The van der Waals surface area contributed by atoms with Crippen LogP contribution in [0.15, 0.2) is 29.4 Å². The van der Waals surface area contributed by atoms with Gasteiger partial charge in [0.25, 0.3) is 5.92 Å². The molecule has 1 atom stereocenters. The van der Waals surface area contributed by atoms with Crippen molar-refractivity contribution in [1.29, 1.82) is 0 Å². The Hall–Kier alpha value is -1.96. The van der Waals surface area contributed by atoms with E-state index in [1.54, 1.807) is 11.8 Å². The minimum Gasteiger partial charge on any atom is -0.469 e. The molecular formula is C18H21F2N3O2S. The number of hydrogen-bond donors (Lipinski definition) is 0. The lowest BCUT2D eigenvalue weighted by atomic mass is 9.93. The fraction of sp³-hybridized carbons (Fsp3) is 0.500. The van der Waals surface area contributed by atoms with E-state index in [-0.39, 0.29) is 25.8 Å². The number of carbonyl (C=O) groups is 1. The van der Waals surface area contributed by atoms with E-state index in [2.05, 4.69) is 14.7 Å². The number of thioether (sulfide) groups is 1. The summed E-state index contributed by atoms with van der Waals surface area (Å²) >= 11 is 1.61. The molecule has 0 N–H and O–H groups in total. The van der Waals surface area contributed by atoms with Crippen LogP contribution in [0.5, 0.6) is 0 Å². The van der Waals surface area contributed by atoms with E-state index < -0.39 is 17.8 Å². The minimum atomic E-state index is -2.91. The van der Waals surface area contributed by atoms with Crippen molar-refractivity contribution in [3.63, 3.8) is 0 Å². The molecule has 0 radical (unpaired) electrons. The number of nitrogens with zero attached hydrogens (tertiary/aromatic N) is 3. The van der Waals surface area contributed by atoms with Crippen molar-refractivity contribution >= 4 is 34.5 Å². The highest BCUT2D eigenvalue weighted by Gasteiger charge is 2.43. The first-order valence-electron chi connectivity index (χ1n) is 8.43. The van der Waals surface area contributed by atoms with Crippen molar-refractivity contribution in [2.45, 2.75) is 30.1 Å². The van der Waals surface area contributed by atoms with E-state index in [1.807, 2.05) is 29.4 Å². The Morgan fingerprint density at radius 2 is 2.19 bits per heavy atom. The van der Waals surface area contributed by atoms with Gasteiger partial charge in [-0.15, -0.1) is 11.8 Å². The SMILES string of the molecule is COC(=O)CC1CCN(c2ncnc3ccc(SC)cc23)CCC1(F)F. The number of halogens is 2. The number of ether oxygens (including phenoxy) is 1. The number of esters is 1.